The average Bonchev–Trinajstić information content (AvgIpc) is 3.12. The minimum atomic E-state index is -0.103. The van der Waals surface area contributed by atoms with Crippen LogP contribution < -0.4 is 5.32 Å². The summed E-state index contributed by atoms with van der Waals surface area (Å²) in [5, 5.41) is 17.6. The van der Waals surface area contributed by atoms with Crippen LogP contribution in [-0.2, 0) is 11.3 Å². The van der Waals surface area contributed by atoms with Crippen molar-refractivity contribution >= 4 is 11.6 Å². The van der Waals surface area contributed by atoms with Crippen molar-refractivity contribution < 1.29 is 9.32 Å². The normalized spacial score (nSPS) is 13.8. The van der Waals surface area contributed by atoms with Crippen LogP contribution in [0.3, 0.4) is 0 Å². The van der Waals surface area contributed by atoms with Crippen molar-refractivity contribution in [2.45, 2.75) is 31.7 Å². The summed E-state index contributed by atoms with van der Waals surface area (Å²) in [6, 6.07) is 7.35. The van der Waals surface area contributed by atoms with E-state index in [2.05, 4.69) is 31.0 Å². The molecule has 1 fully saturated rings. The van der Waals surface area contributed by atoms with Crippen LogP contribution in [0.2, 0.25) is 0 Å². The molecule has 4 rings (SSSR count). The van der Waals surface area contributed by atoms with Crippen LogP contribution in [0.4, 0.5) is 5.69 Å². The van der Waals surface area contributed by atoms with Gasteiger partial charge in [-0.2, -0.15) is 4.98 Å². The Hall–Kier alpha value is -3.10. The third kappa shape index (κ3) is 3.29. The summed E-state index contributed by atoms with van der Waals surface area (Å²) in [5.41, 5.74) is 1.57. The Morgan fingerprint density at radius 1 is 1.29 bits per heavy atom. The van der Waals surface area contributed by atoms with Gasteiger partial charge in [0, 0.05) is 23.6 Å². The molecule has 2 aromatic heterocycles. The van der Waals surface area contributed by atoms with Gasteiger partial charge < -0.3 is 9.84 Å². The minimum Gasteiger partial charge on any atom is -0.339 e. The first kappa shape index (κ1) is 14.5. The molecule has 1 aliphatic rings. The quantitative estimate of drug-likeness (QED) is 0.733. The van der Waals surface area contributed by atoms with Gasteiger partial charge in [-0.15, -0.1) is 5.10 Å². The van der Waals surface area contributed by atoms with Gasteiger partial charge >= 0.3 is 0 Å². The third-order valence-electron chi connectivity index (χ3n) is 3.75. The molecule has 0 bridgehead atoms. The van der Waals surface area contributed by atoms with Gasteiger partial charge in [0.25, 0.3) is 0 Å². The highest BCUT2D eigenvalue weighted by Gasteiger charge is 2.29. The van der Waals surface area contributed by atoms with Gasteiger partial charge in [0.1, 0.15) is 6.33 Å². The number of carbonyl (C=O) groups is 1. The summed E-state index contributed by atoms with van der Waals surface area (Å²) < 4.78 is 6.77. The number of benzene rings is 1. The number of amides is 1. The lowest BCUT2D eigenvalue weighted by Gasteiger charge is -2.05. The van der Waals surface area contributed by atoms with Crippen LogP contribution in [-0.4, -0.2) is 36.3 Å². The fourth-order valence-electron chi connectivity index (χ4n) is 2.27. The fraction of sp³-hybridized carbons (Fsp3) is 0.333. The van der Waals surface area contributed by atoms with E-state index < -0.39 is 0 Å². The van der Waals surface area contributed by atoms with Gasteiger partial charge in [0.05, 0.1) is 6.54 Å². The molecule has 1 amide bonds. The summed E-state index contributed by atoms with van der Waals surface area (Å²) in [4.78, 5) is 16.3. The molecule has 1 saturated carbocycles. The van der Waals surface area contributed by atoms with Crippen molar-refractivity contribution in [1.29, 1.82) is 0 Å². The minimum absolute atomic E-state index is 0.103. The molecule has 2 heterocycles. The van der Waals surface area contributed by atoms with Crippen LogP contribution in [0, 0.1) is 0 Å². The molecule has 0 radical (unpaired) electrons. The Morgan fingerprint density at radius 3 is 2.83 bits per heavy atom. The molecular formula is C15H15N7O2. The number of nitrogens with zero attached hydrogens (tertiary/aromatic N) is 6. The molecule has 0 spiro atoms. The van der Waals surface area contributed by atoms with Gasteiger partial charge in [-0.05, 0) is 47.5 Å². The first-order valence-electron chi connectivity index (χ1n) is 7.72. The lowest BCUT2D eigenvalue weighted by Crippen LogP contribution is -2.14. The zero-order valence-electron chi connectivity index (χ0n) is 12.8. The van der Waals surface area contributed by atoms with Crippen LogP contribution >= 0.6 is 0 Å². The van der Waals surface area contributed by atoms with E-state index >= 15 is 0 Å². The Morgan fingerprint density at radius 2 is 2.12 bits per heavy atom. The van der Waals surface area contributed by atoms with Crippen molar-refractivity contribution in [3.8, 4) is 11.4 Å². The molecule has 1 aromatic carbocycles. The van der Waals surface area contributed by atoms with E-state index in [9.17, 15) is 4.79 Å². The molecule has 0 atom stereocenters. The second-order valence-electron chi connectivity index (χ2n) is 5.68. The largest absolute Gasteiger partial charge is 0.339 e. The first-order valence-corrected chi connectivity index (χ1v) is 7.72. The van der Waals surface area contributed by atoms with Gasteiger partial charge in [-0.25, -0.2) is 4.68 Å². The molecule has 1 aliphatic carbocycles. The Balaban J connectivity index is 1.35. The van der Waals surface area contributed by atoms with Gasteiger partial charge in [-0.1, -0.05) is 5.16 Å². The van der Waals surface area contributed by atoms with Crippen LogP contribution in [0.15, 0.2) is 35.1 Å². The smallest absolute Gasteiger partial charge is 0.230 e. The highest BCUT2D eigenvalue weighted by atomic mass is 16.5. The number of hydrogen-bond donors (Lipinski definition) is 1. The van der Waals surface area contributed by atoms with Gasteiger partial charge in [0.2, 0.25) is 17.6 Å². The Labute approximate surface area is 137 Å². The summed E-state index contributed by atoms with van der Waals surface area (Å²) in [7, 11) is 0. The summed E-state index contributed by atoms with van der Waals surface area (Å²) in [6.45, 7) is 0.434. The van der Waals surface area contributed by atoms with E-state index in [0.717, 1.165) is 18.4 Å². The van der Waals surface area contributed by atoms with Gasteiger partial charge in [0.15, 0.2) is 0 Å². The zero-order chi connectivity index (χ0) is 16.4. The number of hydrogen-bond acceptors (Lipinski definition) is 7. The molecule has 9 heteroatoms. The van der Waals surface area contributed by atoms with E-state index in [1.54, 1.807) is 0 Å². The standard InChI is InChI=1S/C15H15N7O2/c23-13(7-8-22-9-16-20-21-22)17-12-5-3-10(4-6-12)14-18-15(24-19-14)11-1-2-11/h3-6,9,11H,1-2,7-8H2,(H,17,23). The predicted octanol–water partition coefficient (Wildman–Crippen LogP) is 1.63. The number of aryl methyl sites for hydroxylation is 1. The maximum Gasteiger partial charge on any atom is 0.230 e. The van der Waals surface area contributed by atoms with E-state index in [-0.39, 0.29) is 5.91 Å². The van der Waals surface area contributed by atoms with Crippen LogP contribution in [0.5, 0.6) is 0 Å². The first-order chi connectivity index (χ1) is 11.8. The van der Waals surface area contributed by atoms with Crippen molar-refractivity contribution in [2.75, 3.05) is 5.32 Å². The molecule has 3 aromatic rings. The second-order valence-corrected chi connectivity index (χ2v) is 5.68. The highest BCUT2D eigenvalue weighted by Crippen LogP contribution is 2.39. The molecule has 122 valence electrons. The molecule has 0 aliphatic heterocycles. The summed E-state index contributed by atoms with van der Waals surface area (Å²) in [6.07, 6.45) is 4.01. The monoisotopic (exact) mass is 325 g/mol. The SMILES string of the molecule is O=C(CCn1cnnn1)Nc1ccc(-c2noc(C3CC3)n2)cc1. The van der Waals surface area contributed by atoms with Gasteiger partial charge in [-0.3, -0.25) is 4.79 Å². The third-order valence-corrected chi connectivity index (χ3v) is 3.75. The average molecular weight is 325 g/mol. The lowest BCUT2D eigenvalue weighted by molar-refractivity contribution is -0.116. The molecule has 9 nitrogen and oxygen atoms in total. The van der Waals surface area contributed by atoms with E-state index in [1.165, 1.54) is 11.0 Å². The highest BCUT2D eigenvalue weighted by molar-refractivity contribution is 5.90. The van der Waals surface area contributed by atoms with Crippen molar-refractivity contribution in [2.24, 2.45) is 0 Å². The Kier molecular flexibility index (Phi) is 3.73. The lowest BCUT2D eigenvalue weighted by atomic mass is 10.2. The van der Waals surface area contributed by atoms with Crippen molar-refractivity contribution in [3.63, 3.8) is 0 Å². The number of rotatable bonds is 6. The number of aromatic nitrogens is 6. The fourth-order valence-corrected chi connectivity index (χ4v) is 2.27. The van der Waals surface area contributed by atoms with E-state index in [4.69, 9.17) is 4.52 Å². The van der Waals surface area contributed by atoms with Crippen LogP contribution in [0.1, 0.15) is 31.1 Å². The molecule has 24 heavy (non-hydrogen) atoms. The number of nitrogens with one attached hydrogen (secondary N) is 1. The Bertz CT molecular complexity index is 822. The van der Waals surface area contributed by atoms with E-state index in [0.29, 0.717) is 36.3 Å². The maximum atomic E-state index is 11.9. The number of tetrazole rings is 1. The molecular weight excluding hydrogens is 310 g/mol. The second kappa shape index (κ2) is 6.19. The zero-order valence-corrected chi connectivity index (χ0v) is 12.8. The predicted molar refractivity (Wildman–Crippen MR) is 82.8 cm³/mol. The number of anilines is 1. The molecule has 1 N–H and O–H groups in total. The van der Waals surface area contributed by atoms with E-state index in [1.807, 2.05) is 24.3 Å². The molecule has 0 unspecified atom stereocenters. The number of carbonyl (C=O) groups excluding carboxylic acids is 1. The maximum absolute atomic E-state index is 11.9. The summed E-state index contributed by atoms with van der Waals surface area (Å²) >= 11 is 0. The van der Waals surface area contributed by atoms with Crippen molar-refractivity contribution in [1.82, 2.24) is 30.3 Å². The van der Waals surface area contributed by atoms with Crippen molar-refractivity contribution in [3.05, 3.63) is 36.5 Å². The molecule has 0 saturated heterocycles. The summed E-state index contributed by atoms with van der Waals surface area (Å²) in [5.74, 6) is 1.62. The topological polar surface area (TPSA) is 112 Å². The van der Waals surface area contributed by atoms with Crippen LogP contribution in [0.25, 0.3) is 11.4 Å².